The molecule has 18 heavy (non-hydrogen) atoms. The fraction of sp³-hybridized carbons (Fsp3) is 0.667. The molecule has 0 bridgehead atoms. The second-order valence-corrected chi connectivity index (χ2v) is 6.21. The molecule has 0 aromatic rings. The fourth-order valence-corrected chi connectivity index (χ4v) is 3.89. The van der Waals surface area contributed by atoms with Crippen molar-refractivity contribution in [3.8, 4) is 0 Å². The van der Waals surface area contributed by atoms with Crippen LogP contribution in [0.2, 0.25) is 0 Å². The zero-order chi connectivity index (χ0) is 12.9. The lowest BCUT2D eigenvalue weighted by Crippen LogP contribution is -2.57. The first kappa shape index (κ1) is 12.1. The number of carbonyl (C=O) groups excluding carboxylic acids is 1. The van der Waals surface area contributed by atoms with Crippen LogP contribution in [0.4, 0.5) is 0 Å². The summed E-state index contributed by atoms with van der Waals surface area (Å²) in [7, 11) is 0. The molecule has 5 atom stereocenters. The number of rotatable bonds is 0. The van der Waals surface area contributed by atoms with Crippen molar-refractivity contribution in [2.45, 2.75) is 44.5 Å². The summed E-state index contributed by atoms with van der Waals surface area (Å²) >= 11 is 0. The van der Waals surface area contributed by atoms with E-state index in [4.69, 9.17) is 4.74 Å². The lowest BCUT2D eigenvalue weighted by molar-refractivity contribution is -0.201. The fourth-order valence-electron chi connectivity index (χ4n) is 3.89. The highest BCUT2D eigenvalue weighted by molar-refractivity contribution is 5.90. The van der Waals surface area contributed by atoms with Gasteiger partial charge in [-0.15, -0.1) is 0 Å². The van der Waals surface area contributed by atoms with E-state index in [1.165, 1.54) is 0 Å². The highest BCUT2D eigenvalue weighted by Crippen LogP contribution is 2.48. The molecular weight excluding hydrogens is 228 g/mol. The van der Waals surface area contributed by atoms with Crippen LogP contribution in [0.25, 0.3) is 0 Å². The molecule has 0 amide bonds. The first-order valence-electron chi connectivity index (χ1n) is 6.72. The molecule has 1 fully saturated rings. The van der Waals surface area contributed by atoms with Gasteiger partial charge in [0.25, 0.3) is 0 Å². The molecule has 0 radical (unpaired) electrons. The van der Waals surface area contributed by atoms with E-state index in [2.05, 4.69) is 13.8 Å². The van der Waals surface area contributed by atoms with Crippen molar-refractivity contribution in [1.82, 2.24) is 0 Å². The molecule has 0 spiro atoms. The second kappa shape index (κ2) is 4.04. The maximum absolute atomic E-state index is 11.7. The van der Waals surface area contributed by atoms with E-state index in [1.54, 1.807) is 6.08 Å². The van der Waals surface area contributed by atoms with Crippen LogP contribution >= 0.6 is 0 Å². The number of allylic oxidation sites excluding steroid dienone is 1. The van der Waals surface area contributed by atoms with E-state index in [-0.39, 0.29) is 35.2 Å². The summed E-state index contributed by atoms with van der Waals surface area (Å²) < 4.78 is 6.18. The molecule has 2 aliphatic carbocycles. The minimum atomic E-state index is -0.480. The molecule has 3 heteroatoms. The Labute approximate surface area is 108 Å². The maximum Gasteiger partial charge on any atom is 0.155 e. The largest absolute Gasteiger partial charge is 0.389 e. The first-order valence-corrected chi connectivity index (χ1v) is 6.72. The van der Waals surface area contributed by atoms with Gasteiger partial charge in [0.15, 0.2) is 5.78 Å². The van der Waals surface area contributed by atoms with Crippen molar-refractivity contribution in [2.24, 2.45) is 17.8 Å². The number of aliphatic hydroxyl groups excluding tert-OH is 1. The zero-order valence-corrected chi connectivity index (χ0v) is 10.9. The number of fused-ring (bicyclic) bond motifs is 3. The molecule has 0 aromatic carbocycles. The highest BCUT2D eigenvalue weighted by atomic mass is 16.5. The van der Waals surface area contributed by atoms with Crippen molar-refractivity contribution in [3.63, 3.8) is 0 Å². The summed E-state index contributed by atoms with van der Waals surface area (Å²) in [4.78, 5) is 11.7. The third kappa shape index (κ3) is 1.77. The molecule has 1 saturated heterocycles. The van der Waals surface area contributed by atoms with Gasteiger partial charge in [0.05, 0.1) is 17.8 Å². The summed E-state index contributed by atoms with van der Waals surface area (Å²) in [6, 6.07) is 0. The molecule has 0 saturated carbocycles. The maximum atomic E-state index is 11.7. The van der Waals surface area contributed by atoms with Crippen LogP contribution in [0, 0.1) is 17.8 Å². The average molecular weight is 248 g/mol. The van der Waals surface area contributed by atoms with Crippen LogP contribution in [0.3, 0.4) is 0 Å². The van der Waals surface area contributed by atoms with Crippen LogP contribution in [-0.4, -0.2) is 28.7 Å². The predicted octanol–water partition coefficient (Wildman–Crippen LogP) is 1.86. The number of hydrogen-bond acceptors (Lipinski definition) is 3. The topological polar surface area (TPSA) is 46.5 Å². The quantitative estimate of drug-likeness (QED) is 0.666. The number of ketones is 1. The van der Waals surface area contributed by atoms with E-state index in [0.717, 1.165) is 6.42 Å². The van der Waals surface area contributed by atoms with E-state index >= 15 is 0 Å². The van der Waals surface area contributed by atoms with Crippen LogP contribution in [-0.2, 0) is 9.53 Å². The lowest BCUT2D eigenvalue weighted by Gasteiger charge is -2.53. The Morgan fingerprint density at radius 3 is 2.94 bits per heavy atom. The number of hydrogen-bond donors (Lipinski definition) is 1. The van der Waals surface area contributed by atoms with E-state index in [1.807, 2.05) is 18.2 Å². The normalized spacial score (nSPS) is 45.5. The minimum Gasteiger partial charge on any atom is -0.389 e. The second-order valence-electron chi connectivity index (χ2n) is 6.21. The number of ether oxygens (including phenoxy) is 1. The molecule has 0 aromatic heterocycles. The molecule has 98 valence electrons. The molecule has 3 nitrogen and oxygen atoms in total. The smallest absolute Gasteiger partial charge is 0.155 e. The summed E-state index contributed by atoms with van der Waals surface area (Å²) in [6.07, 6.45) is 8.44. The first-order chi connectivity index (χ1) is 8.49. The summed E-state index contributed by atoms with van der Waals surface area (Å²) in [5, 5.41) is 10.2. The van der Waals surface area contributed by atoms with Gasteiger partial charge in [0.1, 0.15) is 0 Å². The summed E-state index contributed by atoms with van der Waals surface area (Å²) in [5.74, 6) is 0.658. The Hall–Kier alpha value is -0.930. The van der Waals surface area contributed by atoms with Gasteiger partial charge in [-0.05, 0) is 32.3 Å². The van der Waals surface area contributed by atoms with Crippen molar-refractivity contribution < 1.29 is 14.6 Å². The van der Waals surface area contributed by atoms with E-state index < -0.39 is 6.10 Å². The van der Waals surface area contributed by atoms with Gasteiger partial charge in [-0.3, -0.25) is 4.79 Å². The number of carbonyl (C=O) groups is 1. The Kier molecular flexibility index (Phi) is 2.72. The predicted molar refractivity (Wildman–Crippen MR) is 67.9 cm³/mol. The van der Waals surface area contributed by atoms with Crippen molar-refractivity contribution >= 4 is 5.78 Å². The van der Waals surface area contributed by atoms with E-state index in [0.29, 0.717) is 6.42 Å². The third-order valence-corrected chi connectivity index (χ3v) is 4.67. The standard InChI is InChI=1S/C15H20O3/c1-15(2)11-7-6-9(16)8-10(11)14-12(17)4-3-5-13(14)18-15/h3-4,6-7,10-14,17H,5,8H2,1-2H3. The van der Waals surface area contributed by atoms with Crippen LogP contribution < -0.4 is 0 Å². The van der Waals surface area contributed by atoms with Crippen molar-refractivity contribution in [3.05, 3.63) is 24.3 Å². The molecule has 3 aliphatic rings. The van der Waals surface area contributed by atoms with Gasteiger partial charge in [0.2, 0.25) is 0 Å². The highest BCUT2D eigenvalue weighted by Gasteiger charge is 2.52. The zero-order valence-electron chi connectivity index (χ0n) is 10.9. The SMILES string of the molecule is CC1(C)OC2CC=CC(O)C2C2CC(=O)C=CC21. The number of aliphatic hydroxyl groups is 1. The molecule has 1 aliphatic heterocycles. The van der Waals surface area contributed by atoms with Crippen LogP contribution in [0.15, 0.2) is 24.3 Å². The molecule has 1 N–H and O–H groups in total. The van der Waals surface area contributed by atoms with Crippen LogP contribution in [0.5, 0.6) is 0 Å². The van der Waals surface area contributed by atoms with Gasteiger partial charge in [0, 0.05) is 18.3 Å². The average Bonchev–Trinajstić information content (AvgIpc) is 2.27. The Bertz CT molecular complexity index is 421. The Balaban J connectivity index is 1.99. The molecule has 3 rings (SSSR count). The van der Waals surface area contributed by atoms with Gasteiger partial charge in [-0.2, -0.15) is 0 Å². The van der Waals surface area contributed by atoms with E-state index in [9.17, 15) is 9.90 Å². The van der Waals surface area contributed by atoms with Gasteiger partial charge in [-0.1, -0.05) is 18.2 Å². The van der Waals surface area contributed by atoms with Gasteiger partial charge < -0.3 is 9.84 Å². The van der Waals surface area contributed by atoms with Crippen molar-refractivity contribution in [2.75, 3.05) is 0 Å². The lowest BCUT2D eigenvalue weighted by atomic mass is 9.62. The Morgan fingerprint density at radius 2 is 2.17 bits per heavy atom. The molecule has 5 unspecified atom stereocenters. The van der Waals surface area contributed by atoms with Gasteiger partial charge in [-0.25, -0.2) is 0 Å². The minimum absolute atomic E-state index is 0.0422. The summed E-state index contributed by atoms with van der Waals surface area (Å²) in [6.45, 7) is 4.18. The van der Waals surface area contributed by atoms with Crippen LogP contribution in [0.1, 0.15) is 26.7 Å². The monoisotopic (exact) mass is 248 g/mol. The summed E-state index contributed by atoms with van der Waals surface area (Å²) in [5.41, 5.74) is -0.256. The Morgan fingerprint density at radius 1 is 1.39 bits per heavy atom. The molecular formula is C15H20O3. The third-order valence-electron chi connectivity index (χ3n) is 4.67. The van der Waals surface area contributed by atoms with Gasteiger partial charge >= 0.3 is 0 Å². The molecule has 1 heterocycles. The van der Waals surface area contributed by atoms with Crippen molar-refractivity contribution in [1.29, 1.82) is 0 Å².